The van der Waals surface area contributed by atoms with Gasteiger partial charge in [0.15, 0.2) is 6.29 Å². The summed E-state index contributed by atoms with van der Waals surface area (Å²) >= 11 is 0. The highest BCUT2D eigenvalue weighted by Crippen LogP contribution is 2.18. The van der Waals surface area contributed by atoms with Gasteiger partial charge in [-0.05, 0) is 0 Å². The normalized spacial score (nSPS) is 11.2. The van der Waals surface area contributed by atoms with Crippen molar-refractivity contribution in [2.24, 2.45) is 0 Å². The Bertz CT molecular complexity index is 56.8. The van der Waals surface area contributed by atoms with Gasteiger partial charge in [-0.15, -0.1) is 9.24 Å². The predicted molar refractivity (Wildman–Crippen MR) is 35.6 cm³/mol. The van der Waals surface area contributed by atoms with Crippen LogP contribution in [0.4, 0.5) is 0 Å². The van der Waals surface area contributed by atoms with Crippen LogP contribution in [0.5, 0.6) is 0 Å². The van der Waals surface area contributed by atoms with E-state index in [1.165, 1.54) is 0 Å². The summed E-state index contributed by atoms with van der Waals surface area (Å²) in [6, 6.07) is 0. The number of aliphatic hydroxyl groups is 2. The molecule has 1 atom stereocenters. The lowest BCUT2D eigenvalue weighted by Crippen LogP contribution is -2.28. The topological polar surface area (TPSA) is 72.0 Å². The van der Waals surface area contributed by atoms with E-state index in [1.54, 1.807) is 13.8 Å². The molecule has 8 heavy (non-hydrogen) atoms. The van der Waals surface area contributed by atoms with Crippen LogP contribution in [0, 0.1) is 0 Å². The molecule has 0 amide bonds. The summed E-state index contributed by atoms with van der Waals surface area (Å²) in [5, 5.41) is 16.4. The molecule has 0 aliphatic heterocycles. The van der Waals surface area contributed by atoms with Gasteiger partial charge in [-0.2, -0.15) is 0 Å². The van der Waals surface area contributed by atoms with Crippen molar-refractivity contribution in [1.29, 1.82) is 0 Å². The molecule has 0 heterocycles. The van der Waals surface area contributed by atoms with Crippen molar-refractivity contribution >= 4 is 9.24 Å². The third-order valence-electron chi connectivity index (χ3n) is 0.665. The molecule has 0 aliphatic rings. The van der Waals surface area contributed by atoms with Crippen molar-refractivity contribution in [2.45, 2.75) is 25.3 Å². The molecule has 0 spiro atoms. The average molecular weight is 140 g/mol. The van der Waals surface area contributed by atoms with Gasteiger partial charge in [0.25, 0.3) is 0 Å². The zero-order valence-electron chi connectivity index (χ0n) is 5.05. The smallest absolute Gasteiger partial charge is 0.160 e. The summed E-state index contributed by atoms with van der Waals surface area (Å²) in [5.41, 5.74) is 0. The fourth-order valence-corrected chi connectivity index (χ4v) is 0. The average Bonchev–Trinajstić information content (AvgIpc) is 1.31. The van der Waals surface area contributed by atoms with Crippen LogP contribution >= 0.6 is 9.24 Å². The van der Waals surface area contributed by atoms with Gasteiger partial charge in [0.05, 0.1) is 0 Å². The van der Waals surface area contributed by atoms with Crippen LogP contribution in [0.2, 0.25) is 0 Å². The third kappa shape index (κ3) is 4.47. The van der Waals surface area contributed by atoms with Gasteiger partial charge in [-0.1, -0.05) is 13.8 Å². The van der Waals surface area contributed by atoms with E-state index in [2.05, 4.69) is 9.24 Å². The second kappa shape index (κ2) is 3.36. The van der Waals surface area contributed by atoms with Crippen molar-refractivity contribution in [1.82, 2.24) is 0 Å². The van der Waals surface area contributed by atoms with Crippen molar-refractivity contribution in [3.05, 3.63) is 0 Å². The van der Waals surface area contributed by atoms with Crippen molar-refractivity contribution in [2.75, 3.05) is 0 Å². The van der Waals surface area contributed by atoms with E-state index >= 15 is 0 Å². The maximum Gasteiger partial charge on any atom is 0.160 e. The largest absolute Gasteiger partial charge is 0.412 e. The molecule has 1 unspecified atom stereocenters. The molecule has 0 radical (unpaired) electrons. The van der Waals surface area contributed by atoms with Crippen LogP contribution in [0.15, 0.2) is 0 Å². The number of aliphatic hydroxyl groups excluding tert-OH is 1. The van der Waals surface area contributed by atoms with E-state index in [-0.39, 0.29) is 5.48 Å². The van der Waals surface area contributed by atoms with E-state index in [0.717, 1.165) is 0 Å². The van der Waals surface area contributed by atoms with E-state index < -0.39 is 11.4 Å². The highest BCUT2D eigenvalue weighted by atomic mass is 31.0. The van der Waals surface area contributed by atoms with Gasteiger partial charge in [0.1, 0.15) is 0 Å². The summed E-state index contributed by atoms with van der Waals surface area (Å²) in [6.45, 7) is 3.45. The zero-order valence-corrected chi connectivity index (χ0v) is 6.20. The van der Waals surface area contributed by atoms with Crippen molar-refractivity contribution in [3.63, 3.8) is 0 Å². The Balaban J connectivity index is 0. The molecule has 0 rings (SSSR count). The molecule has 0 aromatic heterocycles. The van der Waals surface area contributed by atoms with E-state index in [4.69, 9.17) is 10.2 Å². The fourth-order valence-electron chi connectivity index (χ4n) is 0. The lowest BCUT2D eigenvalue weighted by atomic mass is 10.2. The second-order valence-electron chi connectivity index (χ2n) is 2.20. The van der Waals surface area contributed by atoms with Crippen LogP contribution in [0.25, 0.3) is 0 Å². The van der Waals surface area contributed by atoms with Gasteiger partial charge in [0, 0.05) is 5.16 Å². The van der Waals surface area contributed by atoms with Gasteiger partial charge in [-0.25, -0.2) is 0 Å². The summed E-state index contributed by atoms with van der Waals surface area (Å²) in [4.78, 5) is 0. The Morgan fingerprint density at radius 1 is 1.38 bits per heavy atom. The number of hydrogen-bond donors (Lipinski definition) is 2. The maximum atomic E-state index is 8.42. The van der Waals surface area contributed by atoms with E-state index in [9.17, 15) is 0 Å². The molecule has 0 aromatic rings. The standard InChI is InChI=1S/C4H11O2P.H2O/c1-4(2,7)3(5)6;/h3,5-6H,7H2,1-2H3;1H2. The first-order valence-electron chi connectivity index (χ1n) is 2.09. The second-order valence-corrected chi connectivity index (χ2v) is 3.68. The highest BCUT2D eigenvalue weighted by Gasteiger charge is 2.18. The lowest BCUT2D eigenvalue weighted by molar-refractivity contribution is -0.0609. The first-order valence-corrected chi connectivity index (χ1v) is 2.67. The molecule has 52 valence electrons. The van der Waals surface area contributed by atoms with Crippen molar-refractivity contribution in [3.8, 4) is 0 Å². The molecule has 3 nitrogen and oxygen atoms in total. The Kier molecular flexibility index (Phi) is 4.68. The predicted octanol–water partition coefficient (Wildman–Crippen LogP) is -0.874. The van der Waals surface area contributed by atoms with Crippen LogP contribution in [-0.2, 0) is 0 Å². The van der Waals surface area contributed by atoms with Crippen LogP contribution < -0.4 is 0 Å². The molecule has 4 heteroatoms. The molecule has 0 saturated heterocycles. The first-order chi connectivity index (χ1) is 2.94. The molecule has 0 bridgehead atoms. The quantitative estimate of drug-likeness (QED) is 0.367. The maximum absolute atomic E-state index is 8.42. The summed E-state index contributed by atoms with van der Waals surface area (Å²) in [5.74, 6) is 0. The minimum atomic E-state index is -1.24. The van der Waals surface area contributed by atoms with Crippen LogP contribution in [-0.4, -0.2) is 27.1 Å². The minimum absolute atomic E-state index is 0. The molecule has 0 aliphatic carbocycles. The third-order valence-corrected chi connectivity index (χ3v) is 0.964. The Hall–Kier alpha value is 0.310. The van der Waals surface area contributed by atoms with E-state index in [0.29, 0.717) is 0 Å². The molecule has 0 saturated carbocycles. The molecular weight excluding hydrogens is 127 g/mol. The van der Waals surface area contributed by atoms with Crippen LogP contribution in [0.1, 0.15) is 13.8 Å². The summed E-state index contributed by atoms with van der Waals surface area (Å²) in [7, 11) is 2.33. The first kappa shape index (κ1) is 11.2. The number of hydrogen-bond acceptors (Lipinski definition) is 2. The molecule has 4 N–H and O–H groups in total. The van der Waals surface area contributed by atoms with Gasteiger partial charge >= 0.3 is 0 Å². The summed E-state index contributed by atoms with van der Waals surface area (Å²) in [6.07, 6.45) is -1.24. The fraction of sp³-hybridized carbons (Fsp3) is 1.00. The van der Waals surface area contributed by atoms with Gasteiger partial charge in [0.2, 0.25) is 0 Å². The highest BCUT2D eigenvalue weighted by molar-refractivity contribution is 7.18. The molecule has 0 fully saturated rings. The van der Waals surface area contributed by atoms with Crippen LogP contribution in [0.3, 0.4) is 0 Å². The minimum Gasteiger partial charge on any atom is -0.412 e. The van der Waals surface area contributed by atoms with Gasteiger partial charge < -0.3 is 15.7 Å². The zero-order chi connectivity index (χ0) is 6.08. The van der Waals surface area contributed by atoms with Gasteiger partial charge in [-0.3, -0.25) is 0 Å². The Labute approximate surface area is 51.2 Å². The molecular formula is C4H13O3P. The van der Waals surface area contributed by atoms with Crippen molar-refractivity contribution < 1.29 is 15.7 Å². The molecule has 0 aromatic carbocycles. The SMILES string of the molecule is CC(C)(P)C(O)O.O. The Morgan fingerprint density at radius 3 is 1.50 bits per heavy atom. The monoisotopic (exact) mass is 140 g/mol. The lowest BCUT2D eigenvalue weighted by Gasteiger charge is -2.19. The number of rotatable bonds is 1. The summed E-state index contributed by atoms with van der Waals surface area (Å²) < 4.78 is 0. The Morgan fingerprint density at radius 2 is 1.50 bits per heavy atom. The van der Waals surface area contributed by atoms with E-state index in [1.807, 2.05) is 0 Å².